The van der Waals surface area contributed by atoms with Gasteiger partial charge in [0.15, 0.2) is 0 Å². The van der Waals surface area contributed by atoms with E-state index in [0.29, 0.717) is 11.8 Å². The summed E-state index contributed by atoms with van der Waals surface area (Å²) in [7, 11) is 0. The van der Waals surface area contributed by atoms with Crippen LogP contribution in [0.3, 0.4) is 0 Å². The van der Waals surface area contributed by atoms with E-state index in [1.54, 1.807) is 0 Å². The molecular formula is C21H30N2O2. The molecule has 0 aliphatic carbocycles. The van der Waals surface area contributed by atoms with E-state index < -0.39 is 11.5 Å². The van der Waals surface area contributed by atoms with Gasteiger partial charge in [-0.25, -0.2) is 4.79 Å². The molecule has 25 heavy (non-hydrogen) atoms. The van der Waals surface area contributed by atoms with Crippen LogP contribution in [0.5, 0.6) is 0 Å². The lowest BCUT2D eigenvalue weighted by molar-refractivity contribution is -0.156. The second-order valence-corrected chi connectivity index (χ2v) is 8.18. The molecular weight excluding hydrogens is 312 g/mol. The highest BCUT2D eigenvalue weighted by Crippen LogP contribution is 2.43. The molecule has 4 heteroatoms. The third-order valence-corrected chi connectivity index (χ3v) is 6.85. The van der Waals surface area contributed by atoms with Gasteiger partial charge in [0, 0.05) is 6.54 Å². The summed E-state index contributed by atoms with van der Waals surface area (Å²) in [6.45, 7) is 5.30. The summed E-state index contributed by atoms with van der Waals surface area (Å²) >= 11 is 0. The van der Waals surface area contributed by atoms with Gasteiger partial charge in [0.2, 0.25) is 0 Å². The fourth-order valence-corrected chi connectivity index (χ4v) is 5.46. The summed E-state index contributed by atoms with van der Waals surface area (Å²) in [5, 5.41) is 10.5. The summed E-state index contributed by atoms with van der Waals surface area (Å²) in [4.78, 5) is 17.6. The molecule has 136 valence electrons. The zero-order chi connectivity index (χ0) is 17.3. The zero-order valence-corrected chi connectivity index (χ0v) is 15.1. The summed E-state index contributed by atoms with van der Waals surface area (Å²) in [6, 6.07) is 10.0. The fourth-order valence-electron chi connectivity index (χ4n) is 5.46. The van der Waals surface area contributed by atoms with Crippen LogP contribution in [0.4, 0.5) is 0 Å². The first-order chi connectivity index (χ1) is 12.2. The highest BCUT2D eigenvalue weighted by molar-refractivity contribution is 5.81. The highest BCUT2D eigenvalue weighted by Gasteiger charge is 2.50. The lowest BCUT2D eigenvalue weighted by Gasteiger charge is -2.50. The molecule has 1 N–H and O–H groups in total. The van der Waals surface area contributed by atoms with Gasteiger partial charge in [0.25, 0.3) is 0 Å². The third-order valence-electron chi connectivity index (χ3n) is 6.85. The van der Waals surface area contributed by atoms with Crippen molar-refractivity contribution in [1.29, 1.82) is 0 Å². The molecule has 0 radical (unpaired) electrons. The van der Waals surface area contributed by atoms with E-state index in [1.165, 1.54) is 32.4 Å². The van der Waals surface area contributed by atoms with Crippen molar-refractivity contribution in [3.63, 3.8) is 0 Å². The summed E-state index contributed by atoms with van der Waals surface area (Å²) in [5.74, 6) is 0.551. The van der Waals surface area contributed by atoms with Gasteiger partial charge in [-0.1, -0.05) is 36.8 Å². The Labute approximate surface area is 150 Å². The van der Waals surface area contributed by atoms with Crippen molar-refractivity contribution in [2.45, 2.75) is 44.1 Å². The van der Waals surface area contributed by atoms with Gasteiger partial charge < -0.3 is 10.0 Å². The number of fused-ring (bicyclic) bond motifs is 3. The minimum Gasteiger partial charge on any atom is -0.480 e. The van der Waals surface area contributed by atoms with Crippen molar-refractivity contribution in [1.82, 2.24) is 9.80 Å². The van der Waals surface area contributed by atoms with Crippen molar-refractivity contribution in [2.24, 2.45) is 11.8 Å². The zero-order valence-electron chi connectivity index (χ0n) is 15.1. The normalized spacial score (nSPS) is 32.2. The fraction of sp³-hybridized carbons (Fsp3) is 0.667. The van der Waals surface area contributed by atoms with E-state index in [4.69, 9.17) is 0 Å². The quantitative estimate of drug-likeness (QED) is 0.892. The maximum atomic E-state index is 12.7. The van der Waals surface area contributed by atoms with Gasteiger partial charge in [0.1, 0.15) is 5.54 Å². The van der Waals surface area contributed by atoms with E-state index in [-0.39, 0.29) is 0 Å². The highest BCUT2D eigenvalue weighted by atomic mass is 16.4. The predicted octanol–water partition coefficient (Wildman–Crippen LogP) is 3.18. The first kappa shape index (κ1) is 17.0. The Morgan fingerprint density at radius 1 is 1.04 bits per heavy atom. The first-order valence-corrected chi connectivity index (χ1v) is 9.96. The number of aliphatic carboxylic acids is 1. The Hall–Kier alpha value is -1.39. The van der Waals surface area contributed by atoms with Crippen LogP contribution in [0.15, 0.2) is 30.3 Å². The predicted molar refractivity (Wildman–Crippen MR) is 98.5 cm³/mol. The smallest absolute Gasteiger partial charge is 0.328 e. The number of benzene rings is 1. The molecule has 1 aromatic rings. The molecule has 5 rings (SSSR count). The van der Waals surface area contributed by atoms with Crippen molar-refractivity contribution in [2.75, 3.05) is 32.7 Å². The number of carboxylic acids is 1. The minimum atomic E-state index is -0.856. The Bertz CT molecular complexity index is 591. The van der Waals surface area contributed by atoms with Gasteiger partial charge in [-0.3, -0.25) is 4.90 Å². The van der Waals surface area contributed by atoms with Gasteiger partial charge in [-0.15, -0.1) is 0 Å². The molecule has 4 heterocycles. The number of carbonyl (C=O) groups is 1. The van der Waals surface area contributed by atoms with Crippen molar-refractivity contribution < 1.29 is 9.90 Å². The molecule has 4 nitrogen and oxygen atoms in total. The van der Waals surface area contributed by atoms with Crippen LogP contribution in [0, 0.1) is 11.8 Å². The van der Waals surface area contributed by atoms with Crippen molar-refractivity contribution in [3.8, 4) is 0 Å². The van der Waals surface area contributed by atoms with E-state index in [9.17, 15) is 9.90 Å². The number of carboxylic acid groups (broad SMARTS) is 1. The topological polar surface area (TPSA) is 43.8 Å². The lowest BCUT2D eigenvalue weighted by Crippen LogP contribution is -2.57. The molecule has 0 spiro atoms. The van der Waals surface area contributed by atoms with Crippen LogP contribution in [-0.2, 0) is 10.3 Å². The van der Waals surface area contributed by atoms with Crippen molar-refractivity contribution >= 4 is 5.97 Å². The molecule has 0 aromatic heterocycles. The maximum absolute atomic E-state index is 12.7. The van der Waals surface area contributed by atoms with E-state index >= 15 is 0 Å². The Morgan fingerprint density at radius 2 is 1.72 bits per heavy atom. The monoisotopic (exact) mass is 342 g/mol. The molecule has 2 atom stereocenters. The molecule has 1 unspecified atom stereocenters. The van der Waals surface area contributed by atoms with Crippen LogP contribution >= 0.6 is 0 Å². The summed E-state index contributed by atoms with van der Waals surface area (Å²) < 4.78 is 0. The second-order valence-electron chi connectivity index (χ2n) is 8.18. The minimum absolute atomic E-state index is 0.501. The summed E-state index contributed by atoms with van der Waals surface area (Å²) in [6.07, 6.45) is 6.70. The maximum Gasteiger partial charge on any atom is 0.328 e. The van der Waals surface area contributed by atoms with E-state index in [1.807, 2.05) is 30.3 Å². The van der Waals surface area contributed by atoms with Gasteiger partial charge in [-0.2, -0.15) is 0 Å². The van der Waals surface area contributed by atoms with Gasteiger partial charge >= 0.3 is 5.97 Å². The average molecular weight is 342 g/mol. The Balaban J connectivity index is 1.70. The third kappa shape index (κ3) is 3.11. The largest absolute Gasteiger partial charge is 0.480 e. The number of likely N-dealkylation sites (tertiary alicyclic amines) is 1. The molecule has 1 aromatic carbocycles. The molecule has 4 fully saturated rings. The molecule has 4 saturated heterocycles. The number of hydrogen-bond donors (Lipinski definition) is 1. The summed E-state index contributed by atoms with van der Waals surface area (Å²) in [5.41, 5.74) is 0.117. The number of nitrogens with zero attached hydrogens (tertiary/aromatic N) is 2. The molecule has 4 aliphatic heterocycles. The van der Waals surface area contributed by atoms with Crippen LogP contribution in [-0.4, -0.2) is 53.6 Å². The second kappa shape index (κ2) is 7.08. The first-order valence-electron chi connectivity index (χ1n) is 9.96. The van der Waals surface area contributed by atoms with Crippen LogP contribution < -0.4 is 0 Å². The van der Waals surface area contributed by atoms with Crippen molar-refractivity contribution in [3.05, 3.63) is 35.9 Å². The Kier molecular flexibility index (Phi) is 4.83. The SMILES string of the molecule is O=C(O)[C@](CC1CN2CCC1CC2)(c1ccccc1)N1CCCCC1. The van der Waals surface area contributed by atoms with Crippen LogP contribution in [0.2, 0.25) is 0 Å². The average Bonchev–Trinajstić information content (AvgIpc) is 2.68. The van der Waals surface area contributed by atoms with Crippen LogP contribution in [0.1, 0.15) is 44.1 Å². The number of hydrogen-bond acceptors (Lipinski definition) is 3. The molecule has 4 aliphatic rings. The lowest BCUT2D eigenvalue weighted by atomic mass is 9.70. The van der Waals surface area contributed by atoms with E-state index in [2.05, 4.69) is 9.80 Å². The number of piperidine rings is 4. The van der Waals surface area contributed by atoms with Crippen LogP contribution in [0.25, 0.3) is 0 Å². The number of rotatable bonds is 5. The van der Waals surface area contributed by atoms with Gasteiger partial charge in [0.05, 0.1) is 0 Å². The van der Waals surface area contributed by atoms with Gasteiger partial charge in [-0.05, 0) is 75.7 Å². The molecule has 0 saturated carbocycles. The standard InChI is InChI=1S/C21H30N2O2/c24-20(25)21(19-7-3-1-4-8-19,23-11-5-2-6-12-23)15-18-16-22-13-9-17(18)10-14-22/h1,3-4,7-8,17-18H,2,5-6,9-16H2,(H,24,25)/t18?,21-/m0/s1. The Morgan fingerprint density at radius 3 is 2.28 bits per heavy atom. The molecule has 2 bridgehead atoms. The van der Waals surface area contributed by atoms with E-state index in [0.717, 1.165) is 44.5 Å². The molecule has 0 amide bonds.